The summed E-state index contributed by atoms with van der Waals surface area (Å²) in [6.07, 6.45) is 3.05. The van der Waals surface area contributed by atoms with Crippen LogP contribution in [0.2, 0.25) is 0 Å². The van der Waals surface area contributed by atoms with E-state index in [4.69, 9.17) is 4.74 Å². The Labute approximate surface area is 141 Å². The molecule has 0 N–H and O–H groups in total. The molecule has 1 fully saturated rings. The number of esters is 1. The summed E-state index contributed by atoms with van der Waals surface area (Å²) < 4.78 is 31.1. The number of carbonyl (C=O) groups excluding carboxylic acids is 1. The summed E-state index contributed by atoms with van der Waals surface area (Å²) in [5.41, 5.74) is 0.926. The van der Waals surface area contributed by atoms with Gasteiger partial charge in [0.2, 0.25) is 0 Å². The lowest BCUT2D eigenvalue weighted by Gasteiger charge is -2.29. The Morgan fingerprint density at radius 1 is 0.958 bits per heavy atom. The molecule has 3 rings (SSSR count). The molecule has 1 saturated heterocycles. The second kappa shape index (κ2) is 7.01. The Hall–Kier alpha value is -2.40. The van der Waals surface area contributed by atoms with Crippen LogP contribution in [0, 0.1) is 0 Å². The third kappa shape index (κ3) is 3.57. The van der Waals surface area contributed by atoms with Crippen molar-refractivity contribution in [3.05, 3.63) is 72.3 Å². The molecule has 1 aliphatic rings. The number of sulfone groups is 1. The second-order valence-electron chi connectivity index (χ2n) is 5.66. The van der Waals surface area contributed by atoms with E-state index in [-0.39, 0.29) is 23.7 Å². The lowest BCUT2D eigenvalue weighted by Crippen LogP contribution is -2.40. The molecule has 0 unspecified atom stereocenters. The lowest BCUT2D eigenvalue weighted by atomic mass is 10.1. The maximum absolute atomic E-state index is 12.9. The van der Waals surface area contributed by atoms with Gasteiger partial charge in [-0.1, -0.05) is 54.6 Å². The van der Waals surface area contributed by atoms with Crippen LogP contribution in [-0.2, 0) is 19.4 Å². The summed E-state index contributed by atoms with van der Waals surface area (Å²) >= 11 is 0. The molecule has 2 aromatic carbocycles. The SMILES string of the molecule is O=C1CC[C@@H](S(=O)(=O)c2ccccc2)[C@@H](C=Cc2ccccc2)O1. The molecule has 124 valence electrons. The molecule has 2 aromatic rings. The minimum absolute atomic E-state index is 0.117. The molecule has 2 atom stereocenters. The normalized spacial score (nSPS) is 21.6. The number of benzene rings is 2. The monoisotopic (exact) mass is 342 g/mol. The first-order valence-corrected chi connectivity index (χ1v) is 9.34. The van der Waals surface area contributed by atoms with Crippen molar-refractivity contribution in [2.45, 2.75) is 29.1 Å². The van der Waals surface area contributed by atoms with Crippen molar-refractivity contribution in [3.63, 3.8) is 0 Å². The number of rotatable bonds is 4. The van der Waals surface area contributed by atoms with E-state index in [9.17, 15) is 13.2 Å². The van der Waals surface area contributed by atoms with E-state index in [1.165, 1.54) is 0 Å². The summed E-state index contributed by atoms with van der Waals surface area (Å²) in [4.78, 5) is 11.9. The Morgan fingerprint density at radius 3 is 2.25 bits per heavy atom. The molecule has 0 radical (unpaired) electrons. The van der Waals surface area contributed by atoms with Gasteiger partial charge in [0.25, 0.3) is 0 Å². The summed E-state index contributed by atoms with van der Waals surface area (Å²) in [5, 5.41) is -0.766. The van der Waals surface area contributed by atoms with Gasteiger partial charge in [0.1, 0.15) is 11.4 Å². The molecule has 0 bridgehead atoms. The van der Waals surface area contributed by atoms with E-state index >= 15 is 0 Å². The molecule has 1 aliphatic heterocycles. The molecule has 0 aromatic heterocycles. The molecular formula is C19H18O4S. The molecular weight excluding hydrogens is 324 g/mol. The number of carbonyl (C=O) groups is 1. The minimum Gasteiger partial charge on any atom is -0.457 e. The molecule has 0 aliphatic carbocycles. The third-order valence-electron chi connectivity index (χ3n) is 4.02. The first-order valence-electron chi connectivity index (χ1n) is 7.79. The van der Waals surface area contributed by atoms with Crippen LogP contribution in [0.15, 0.2) is 71.6 Å². The highest BCUT2D eigenvalue weighted by Crippen LogP contribution is 2.28. The number of cyclic esters (lactones) is 1. The smallest absolute Gasteiger partial charge is 0.306 e. The van der Waals surface area contributed by atoms with Gasteiger partial charge in [-0.3, -0.25) is 4.79 Å². The fourth-order valence-electron chi connectivity index (χ4n) is 2.76. The van der Waals surface area contributed by atoms with E-state index in [0.29, 0.717) is 0 Å². The zero-order chi connectivity index (χ0) is 17.0. The second-order valence-corrected chi connectivity index (χ2v) is 7.83. The van der Waals surface area contributed by atoms with Crippen molar-refractivity contribution < 1.29 is 17.9 Å². The highest BCUT2D eigenvalue weighted by molar-refractivity contribution is 7.92. The van der Waals surface area contributed by atoms with Crippen molar-refractivity contribution in [2.24, 2.45) is 0 Å². The van der Waals surface area contributed by atoms with Crippen LogP contribution in [0.25, 0.3) is 6.08 Å². The highest BCUT2D eigenvalue weighted by atomic mass is 32.2. The van der Waals surface area contributed by atoms with Gasteiger partial charge < -0.3 is 4.74 Å². The first kappa shape index (κ1) is 16.5. The predicted molar refractivity (Wildman–Crippen MR) is 92.0 cm³/mol. The summed E-state index contributed by atoms with van der Waals surface area (Å²) in [6, 6.07) is 17.8. The molecule has 0 amide bonds. The van der Waals surface area contributed by atoms with Crippen LogP contribution < -0.4 is 0 Å². The molecule has 0 saturated carbocycles. The summed E-state index contributed by atoms with van der Waals surface area (Å²) in [6.45, 7) is 0. The number of ether oxygens (including phenoxy) is 1. The zero-order valence-corrected chi connectivity index (χ0v) is 13.9. The van der Waals surface area contributed by atoms with Crippen LogP contribution in [0.3, 0.4) is 0 Å². The number of hydrogen-bond acceptors (Lipinski definition) is 4. The van der Waals surface area contributed by atoms with Gasteiger partial charge in [-0.05, 0) is 30.2 Å². The van der Waals surface area contributed by atoms with Crippen LogP contribution >= 0.6 is 0 Å². The molecule has 24 heavy (non-hydrogen) atoms. The third-order valence-corrected chi connectivity index (χ3v) is 6.25. The maximum atomic E-state index is 12.9. The van der Waals surface area contributed by atoms with Gasteiger partial charge in [0, 0.05) is 6.42 Å². The van der Waals surface area contributed by atoms with Crippen LogP contribution in [0.5, 0.6) is 0 Å². The Bertz CT molecular complexity index is 826. The molecule has 1 heterocycles. The average molecular weight is 342 g/mol. The van der Waals surface area contributed by atoms with E-state index < -0.39 is 21.2 Å². The van der Waals surface area contributed by atoms with E-state index in [0.717, 1.165) is 5.56 Å². The quantitative estimate of drug-likeness (QED) is 0.800. The van der Waals surface area contributed by atoms with E-state index in [1.54, 1.807) is 42.5 Å². The Morgan fingerprint density at radius 2 is 1.58 bits per heavy atom. The summed E-state index contributed by atoms with van der Waals surface area (Å²) in [7, 11) is -3.57. The van der Waals surface area contributed by atoms with Crippen molar-refractivity contribution in [2.75, 3.05) is 0 Å². The van der Waals surface area contributed by atoms with E-state index in [2.05, 4.69) is 0 Å². The average Bonchev–Trinajstić information content (AvgIpc) is 2.61. The molecule has 4 nitrogen and oxygen atoms in total. The predicted octanol–water partition coefficient (Wildman–Crippen LogP) is 3.25. The van der Waals surface area contributed by atoms with Gasteiger partial charge in [-0.25, -0.2) is 8.42 Å². The lowest BCUT2D eigenvalue weighted by molar-refractivity contribution is -0.150. The minimum atomic E-state index is -3.57. The van der Waals surface area contributed by atoms with Gasteiger partial charge in [0.05, 0.1) is 4.90 Å². The number of hydrogen-bond donors (Lipinski definition) is 0. The fraction of sp³-hybridized carbons (Fsp3) is 0.211. The Kier molecular flexibility index (Phi) is 4.81. The van der Waals surface area contributed by atoms with Crippen molar-refractivity contribution in [1.82, 2.24) is 0 Å². The topological polar surface area (TPSA) is 60.4 Å². The highest BCUT2D eigenvalue weighted by Gasteiger charge is 2.39. The van der Waals surface area contributed by atoms with Gasteiger partial charge in [-0.15, -0.1) is 0 Å². The van der Waals surface area contributed by atoms with Gasteiger partial charge in [0.15, 0.2) is 9.84 Å². The largest absolute Gasteiger partial charge is 0.457 e. The van der Waals surface area contributed by atoms with E-state index in [1.807, 2.05) is 30.3 Å². The first-order chi connectivity index (χ1) is 11.6. The fourth-order valence-corrected chi connectivity index (χ4v) is 4.57. The van der Waals surface area contributed by atoms with Crippen molar-refractivity contribution in [1.29, 1.82) is 0 Å². The Balaban J connectivity index is 1.90. The molecule has 0 spiro atoms. The molecule has 5 heteroatoms. The van der Waals surface area contributed by atoms with Crippen LogP contribution in [-0.4, -0.2) is 25.7 Å². The summed E-state index contributed by atoms with van der Waals surface area (Å²) in [5.74, 6) is -0.364. The standard InChI is InChI=1S/C19H18O4S/c20-19-14-13-18(24(21,22)16-9-5-2-6-10-16)17(23-19)12-11-15-7-3-1-4-8-15/h1-12,17-18H,13-14H2/t17-,18-/m1/s1. The van der Waals surface area contributed by atoms with Crippen LogP contribution in [0.4, 0.5) is 0 Å². The maximum Gasteiger partial charge on any atom is 0.306 e. The zero-order valence-electron chi connectivity index (χ0n) is 13.0. The van der Waals surface area contributed by atoms with Gasteiger partial charge >= 0.3 is 5.97 Å². The van der Waals surface area contributed by atoms with Crippen molar-refractivity contribution >= 4 is 21.9 Å². The van der Waals surface area contributed by atoms with Crippen LogP contribution in [0.1, 0.15) is 18.4 Å². The van der Waals surface area contributed by atoms with Gasteiger partial charge in [-0.2, -0.15) is 0 Å². The van der Waals surface area contributed by atoms with Crippen molar-refractivity contribution in [3.8, 4) is 0 Å².